The molecule has 0 saturated heterocycles. The Kier molecular flexibility index (Phi) is 8.46. The number of carbonyl (C=O) groups excluding carboxylic acids is 2. The quantitative estimate of drug-likeness (QED) is 0.596. The van der Waals surface area contributed by atoms with Crippen molar-refractivity contribution in [2.75, 3.05) is 18.4 Å². The number of hydrogen-bond donors (Lipinski definition) is 2. The molecule has 2 aromatic rings. The maximum atomic E-state index is 13.5. The number of nitrogens with two attached hydrogens (primary N) is 1. The molecule has 0 radical (unpaired) electrons. The van der Waals surface area contributed by atoms with Gasteiger partial charge in [-0.15, -0.1) is 0 Å². The number of nitrogens with one attached hydrogen (secondary N) is 1. The molecule has 0 unspecified atom stereocenters. The Bertz CT molecular complexity index is 889. The average molecular weight is 436 g/mol. The third-order valence-electron chi connectivity index (χ3n) is 6.30. The lowest BCUT2D eigenvalue weighted by Crippen LogP contribution is -2.44. The summed E-state index contributed by atoms with van der Waals surface area (Å²) < 4.78 is 0. The Labute approximate surface area is 192 Å². The molecule has 172 valence electrons. The Morgan fingerprint density at radius 2 is 1.66 bits per heavy atom. The van der Waals surface area contributed by atoms with Gasteiger partial charge in [-0.3, -0.25) is 9.59 Å². The van der Waals surface area contributed by atoms with Crippen molar-refractivity contribution in [3.63, 3.8) is 0 Å². The van der Waals surface area contributed by atoms with Gasteiger partial charge < -0.3 is 16.0 Å². The Balaban J connectivity index is 1.76. The molecule has 1 saturated carbocycles. The first-order chi connectivity index (χ1) is 15.4. The van der Waals surface area contributed by atoms with Crippen LogP contribution in [0.25, 0.3) is 0 Å². The van der Waals surface area contributed by atoms with E-state index in [4.69, 9.17) is 5.73 Å². The predicted molar refractivity (Wildman–Crippen MR) is 130 cm³/mol. The minimum absolute atomic E-state index is 0.0592. The third kappa shape index (κ3) is 6.92. The van der Waals surface area contributed by atoms with Gasteiger partial charge in [-0.25, -0.2) is 0 Å². The summed E-state index contributed by atoms with van der Waals surface area (Å²) in [5.74, 6) is 0.255. The number of amides is 2. The van der Waals surface area contributed by atoms with Gasteiger partial charge in [0.05, 0.1) is 6.42 Å². The molecule has 0 bridgehead atoms. The highest BCUT2D eigenvalue weighted by Gasteiger charge is 2.30. The van der Waals surface area contributed by atoms with E-state index in [1.54, 1.807) is 0 Å². The molecule has 2 aromatic carbocycles. The zero-order valence-corrected chi connectivity index (χ0v) is 19.5. The zero-order valence-electron chi connectivity index (χ0n) is 19.5. The second kappa shape index (κ2) is 11.3. The molecule has 1 aliphatic carbocycles. The van der Waals surface area contributed by atoms with Crippen molar-refractivity contribution < 1.29 is 9.59 Å². The standard InChI is InChI=1S/C27H37N3O2/c1-27(2,19-28)20-30(26(32)22-13-7-4-8-14-22)18-23-15-9-10-16-24(23)29-25(31)17-21-11-5-3-6-12-21/h3,5-6,9-12,15-16,22H,4,7-8,13-14,17-20,28H2,1-2H3,(H,29,31). The number of rotatable bonds is 9. The minimum Gasteiger partial charge on any atom is -0.337 e. The van der Waals surface area contributed by atoms with Crippen molar-refractivity contribution >= 4 is 17.5 Å². The van der Waals surface area contributed by atoms with Crippen molar-refractivity contribution in [1.29, 1.82) is 0 Å². The van der Waals surface area contributed by atoms with E-state index < -0.39 is 0 Å². The highest BCUT2D eigenvalue weighted by atomic mass is 16.2. The van der Waals surface area contributed by atoms with Gasteiger partial charge in [0.25, 0.3) is 0 Å². The Morgan fingerprint density at radius 1 is 1.00 bits per heavy atom. The van der Waals surface area contributed by atoms with Crippen molar-refractivity contribution in [2.24, 2.45) is 17.1 Å². The van der Waals surface area contributed by atoms with Gasteiger partial charge in [0.1, 0.15) is 0 Å². The van der Waals surface area contributed by atoms with Crippen LogP contribution in [0.3, 0.4) is 0 Å². The second-order valence-electron chi connectivity index (χ2n) is 9.77. The monoisotopic (exact) mass is 435 g/mol. The van der Waals surface area contributed by atoms with Crippen molar-refractivity contribution in [3.8, 4) is 0 Å². The van der Waals surface area contributed by atoms with Crippen molar-refractivity contribution in [2.45, 2.75) is 58.9 Å². The Hall–Kier alpha value is -2.66. The van der Waals surface area contributed by atoms with Crippen LogP contribution in [0.1, 0.15) is 57.1 Å². The van der Waals surface area contributed by atoms with E-state index in [1.165, 1.54) is 6.42 Å². The van der Waals surface area contributed by atoms with Gasteiger partial charge in [0, 0.05) is 24.7 Å². The molecule has 0 aromatic heterocycles. The number of carbonyl (C=O) groups is 2. The van der Waals surface area contributed by atoms with Crippen LogP contribution in [-0.4, -0.2) is 29.8 Å². The van der Waals surface area contributed by atoms with Crippen LogP contribution >= 0.6 is 0 Å². The van der Waals surface area contributed by atoms with E-state index in [1.807, 2.05) is 59.5 Å². The summed E-state index contributed by atoms with van der Waals surface area (Å²) in [5, 5.41) is 3.06. The van der Waals surface area contributed by atoms with Crippen LogP contribution in [0.4, 0.5) is 5.69 Å². The smallest absolute Gasteiger partial charge is 0.228 e. The van der Waals surface area contributed by atoms with Crippen LogP contribution in [0.2, 0.25) is 0 Å². The molecule has 3 N–H and O–H groups in total. The fourth-order valence-corrected chi connectivity index (χ4v) is 4.36. The van der Waals surface area contributed by atoms with Crippen LogP contribution in [0.5, 0.6) is 0 Å². The fourth-order valence-electron chi connectivity index (χ4n) is 4.36. The molecular weight excluding hydrogens is 398 g/mol. The second-order valence-corrected chi connectivity index (χ2v) is 9.77. The van der Waals surface area contributed by atoms with Crippen molar-refractivity contribution in [1.82, 2.24) is 4.90 Å². The average Bonchev–Trinajstić information content (AvgIpc) is 2.80. The predicted octanol–water partition coefficient (Wildman–Crippen LogP) is 4.76. The number of para-hydroxylation sites is 1. The summed E-state index contributed by atoms with van der Waals surface area (Å²) >= 11 is 0. The molecule has 0 atom stereocenters. The molecule has 5 nitrogen and oxygen atoms in total. The van der Waals surface area contributed by atoms with E-state index in [0.29, 0.717) is 26.1 Å². The highest BCUT2D eigenvalue weighted by molar-refractivity contribution is 5.93. The van der Waals surface area contributed by atoms with E-state index in [-0.39, 0.29) is 23.1 Å². The zero-order chi connectivity index (χ0) is 23.0. The molecule has 32 heavy (non-hydrogen) atoms. The third-order valence-corrected chi connectivity index (χ3v) is 6.30. The summed E-state index contributed by atoms with van der Waals surface area (Å²) in [7, 11) is 0. The van der Waals surface area contributed by atoms with E-state index in [9.17, 15) is 9.59 Å². The normalized spacial score (nSPS) is 14.7. The van der Waals surface area contributed by atoms with Crippen LogP contribution < -0.4 is 11.1 Å². The molecular formula is C27H37N3O2. The summed E-state index contributed by atoms with van der Waals surface area (Å²) in [6.45, 7) is 5.78. The number of hydrogen-bond acceptors (Lipinski definition) is 3. The first-order valence-electron chi connectivity index (χ1n) is 11.8. The first-order valence-corrected chi connectivity index (χ1v) is 11.8. The molecule has 1 aliphatic rings. The SMILES string of the molecule is CC(C)(CN)CN(Cc1ccccc1NC(=O)Cc1ccccc1)C(=O)C1CCCCC1. The highest BCUT2D eigenvalue weighted by Crippen LogP contribution is 2.29. The maximum absolute atomic E-state index is 13.5. The summed E-state index contributed by atoms with van der Waals surface area (Å²) in [4.78, 5) is 28.1. The minimum atomic E-state index is -0.171. The van der Waals surface area contributed by atoms with Gasteiger partial charge in [-0.05, 0) is 42.0 Å². The number of nitrogens with zero attached hydrogens (tertiary/aromatic N) is 1. The number of benzene rings is 2. The van der Waals surface area contributed by atoms with Gasteiger partial charge >= 0.3 is 0 Å². The first kappa shape index (κ1) is 24.0. The topological polar surface area (TPSA) is 75.4 Å². The van der Waals surface area contributed by atoms with E-state index in [2.05, 4.69) is 19.2 Å². The summed E-state index contributed by atoms with van der Waals surface area (Å²) in [5.41, 5.74) is 8.52. The van der Waals surface area contributed by atoms with Gasteiger partial charge in [0.15, 0.2) is 0 Å². The fraction of sp³-hybridized carbons (Fsp3) is 0.481. The molecule has 3 rings (SSSR count). The molecule has 0 heterocycles. The van der Waals surface area contributed by atoms with E-state index in [0.717, 1.165) is 42.5 Å². The van der Waals surface area contributed by atoms with Gasteiger partial charge in [0.2, 0.25) is 11.8 Å². The lowest BCUT2D eigenvalue weighted by Gasteiger charge is -2.35. The molecule has 1 fully saturated rings. The lowest BCUT2D eigenvalue weighted by atomic mass is 9.86. The molecule has 5 heteroatoms. The summed E-state index contributed by atoms with van der Waals surface area (Å²) in [6.07, 6.45) is 5.71. The van der Waals surface area contributed by atoms with Crippen LogP contribution in [0.15, 0.2) is 54.6 Å². The maximum Gasteiger partial charge on any atom is 0.228 e. The largest absolute Gasteiger partial charge is 0.337 e. The van der Waals surface area contributed by atoms with Gasteiger partial charge in [-0.2, -0.15) is 0 Å². The molecule has 2 amide bonds. The lowest BCUT2D eigenvalue weighted by molar-refractivity contribution is -0.138. The van der Waals surface area contributed by atoms with Crippen molar-refractivity contribution in [3.05, 3.63) is 65.7 Å². The van der Waals surface area contributed by atoms with Gasteiger partial charge in [-0.1, -0.05) is 81.6 Å². The van der Waals surface area contributed by atoms with Crippen LogP contribution in [0, 0.1) is 11.3 Å². The molecule has 0 spiro atoms. The molecule has 0 aliphatic heterocycles. The Morgan fingerprint density at radius 3 is 2.34 bits per heavy atom. The van der Waals surface area contributed by atoms with Crippen LogP contribution in [-0.2, 0) is 22.6 Å². The van der Waals surface area contributed by atoms with E-state index >= 15 is 0 Å². The number of anilines is 1. The summed E-state index contributed by atoms with van der Waals surface area (Å²) in [6, 6.07) is 17.5.